The number of carbonyl (C=O) groups is 1. The van der Waals surface area contributed by atoms with Crippen LogP contribution in [-0.2, 0) is 9.53 Å². The summed E-state index contributed by atoms with van der Waals surface area (Å²) in [6.07, 6.45) is 12.9. The molecule has 0 N–H and O–H groups in total. The van der Waals surface area contributed by atoms with E-state index in [1.54, 1.807) is 0 Å². The van der Waals surface area contributed by atoms with Gasteiger partial charge in [-0.1, -0.05) is 12.8 Å². The highest BCUT2D eigenvalue weighted by molar-refractivity contribution is 5.79. The van der Waals surface area contributed by atoms with Crippen molar-refractivity contribution < 1.29 is 9.53 Å². The first kappa shape index (κ1) is 16.8. The molecule has 0 unspecified atom stereocenters. The molecule has 4 rings (SSSR count). The predicted octanol–water partition coefficient (Wildman–Crippen LogP) is 3.06. The minimum atomic E-state index is 0.362. The van der Waals surface area contributed by atoms with Crippen molar-refractivity contribution in [2.45, 2.75) is 76.4 Å². The standard InChI is InChI=1S/C20H34N2O2/c1-24-18-7-3-10-20(18)11-4-12-22(15-20)17-8-13-21(14-9-17)19(23)16-5-2-6-16/h16-18H,2-15H2,1H3/t18-,20-/m1/s1. The summed E-state index contributed by atoms with van der Waals surface area (Å²) in [5.74, 6) is 0.811. The lowest BCUT2D eigenvalue weighted by Gasteiger charge is -2.48. The fourth-order valence-electron chi connectivity index (χ4n) is 5.81. The monoisotopic (exact) mass is 334 g/mol. The molecule has 0 aromatic rings. The van der Waals surface area contributed by atoms with Crippen LogP contribution in [0.25, 0.3) is 0 Å². The highest BCUT2D eigenvalue weighted by Gasteiger charge is 2.47. The van der Waals surface area contributed by atoms with Crippen LogP contribution >= 0.6 is 0 Å². The molecule has 24 heavy (non-hydrogen) atoms. The fraction of sp³-hybridized carbons (Fsp3) is 0.950. The summed E-state index contributed by atoms with van der Waals surface area (Å²) in [6.45, 7) is 4.45. The molecule has 4 nitrogen and oxygen atoms in total. The lowest BCUT2D eigenvalue weighted by Crippen LogP contribution is -2.54. The van der Waals surface area contributed by atoms with Crippen molar-refractivity contribution in [3.63, 3.8) is 0 Å². The number of ether oxygens (including phenoxy) is 1. The Labute approximate surface area is 146 Å². The number of hydrogen-bond donors (Lipinski definition) is 0. The van der Waals surface area contributed by atoms with Crippen molar-refractivity contribution >= 4 is 5.91 Å². The molecule has 2 saturated heterocycles. The van der Waals surface area contributed by atoms with Crippen LogP contribution in [0.1, 0.15) is 64.2 Å². The van der Waals surface area contributed by atoms with Crippen LogP contribution < -0.4 is 0 Å². The van der Waals surface area contributed by atoms with Gasteiger partial charge in [0.2, 0.25) is 5.91 Å². The Balaban J connectivity index is 1.33. The molecule has 4 aliphatic rings. The van der Waals surface area contributed by atoms with Crippen molar-refractivity contribution in [2.75, 3.05) is 33.3 Å². The van der Waals surface area contributed by atoms with Gasteiger partial charge >= 0.3 is 0 Å². The van der Waals surface area contributed by atoms with E-state index < -0.39 is 0 Å². The van der Waals surface area contributed by atoms with Crippen molar-refractivity contribution in [3.05, 3.63) is 0 Å². The Kier molecular flexibility index (Phi) is 4.88. The van der Waals surface area contributed by atoms with E-state index in [1.165, 1.54) is 64.5 Å². The van der Waals surface area contributed by atoms with E-state index in [0.717, 1.165) is 25.9 Å². The Morgan fingerprint density at radius 2 is 1.71 bits per heavy atom. The Bertz CT molecular complexity index is 457. The summed E-state index contributed by atoms with van der Waals surface area (Å²) in [5, 5.41) is 0. The van der Waals surface area contributed by atoms with E-state index in [4.69, 9.17) is 4.74 Å². The van der Waals surface area contributed by atoms with Gasteiger partial charge in [0, 0.05) is 44.1 Å². The van der Waals surface area contributed by atoms with Gasteiger partial charge in [-0.3, -0.25) is 9.69 Å². The van der Waals surface area contributed by atoms with Gasteiger partial charge < -0.3 is 9.64 Å². The van der Waals surface area contributed by atoms with Crippen molar-refractivity contribution in [1.29, 1.82) is 0 Å². The minimum Gasteiger partial charge on any atom is -0.381 e. The van der Waals surface area contributed by atoms with Crippen molar-refractivity contribution in [2.24, 2.45) is 11.3 Å². The summed E-state index contributed by atoms with van der Waals surface area (Å²) in [5.41, 5.74) is 0.423. The Morgan fingerprint density at radius 1 is 0.958 bits per heavy atom. The number of hydrogen-bond acceptors (Lipinski definition) is 3. The molecule has 4 fully saturated rings. The third-order valence-corrected chi connectivity index (χ3v) is 7.49. The number of rotatable bonds is 3. The molecule has 2 atom stereocenters. The number of amides is 1. The van der Waals surface area contributed by atoms with Gasteiger partial charge in [-0.2, -0.15) is 0 Å². The maximum atomic E-state index is 12.4. The van der Waals surface area contributed by atoms with Crippen LogP contribution in [0.15, 0.2) is 0 Å². The average molecular weight is 335 g/mol. The third-order valence-electron chi connectivity index (χ3n) is 7.49. The second-order valence-corrected chi connectivity index (χ2v) is 8.74. The zero-order valence-electron chi connectivity index (χ0n) is 15.3. The van der Waals surface area contributed by atoms with Gasteiger partial charge in [-0.15, -0.1) is 0 Å². The Morgan fingerprint density at radius 3 is 2.38 bits per heavy atom. The Hall–Kier alpha value is -0.610. The number of carbonyl (C=O) groups excluding carboxylic acids is 1. The maximum absolute atomic E-state index is 12.4. The first-order valence-electron chi connectivity index (χ1n) is 10.3. The van der Waals surface area contributed by atoms with Gasteiger partial charge in [0.25, 0.3) is 0 Å². The lowest BCUT2D eigenvalue weighted by atomic mass is 9.76. The molecule has 1 amide bonds. The van der Waals surface area contributed by atoms with Gasteiger partial charge in [0.15, 0.2) is 0 Å². The van der Waals surface area contributed by atoms with Crippen LogP contribution in [0.5, 0.6) is 0 Å². The first-order valence-corrected chi connectivity index (χ1v) is 10.3. The minimum absolute atomic E-state index is 0.362. The molecule has 0 aromatic carbocycles. The summed E-state index contributed by atoms with van der Waals surface area (Å²) in [6, 6.07) is 0.686. The molecule has 0 radical (unpaired) electrons. The van der Waals surface area contributed by atoms with Crippen LogP contribution in [0.4, 0.5) is 0 Å². The van der Waals surface area contributed by atoms with Crippen molar-refractivity contribution in [1.82, 2.24) is 9.80 Å². The molecule has 1 spiro atoms. The largest absolute Gasteiger partial charge is 0.381 e. The normalized spacial score (nSPS) is 36.2. The molecular weight excluding hydrogens is 300 g/mol. The number of piperidine rings is 2. The average Bonchev–Trinajstić information content (AvgIpc) is 2.95. The smallest absolute Gasteiger partial charge is 0.225 e. The molecule has 2 aliphatic carbocycles. The fourth-order valence-corrected chi connectivity index (χ4v) is 5.81. The van der Waals surface area contributed by atoms with E-state index in [0.29, 0.717) is 29.4 Å². The summed E-state index contributed by atoms with van der Waals surface area (Å²) in [4.78, 5) is 17.4. The second kappa shape index (κ2) is 6.95. The molecule has 136 valence electrons. The molecule has 2 aliphatic heterocycles. The van der Waals surface area contributed by atoms with E-state index in [1.807, 2.05) is 7.11 Å². The van der Waals surface area contributed by atoms with Gasteiger partial charge in [0.1, 0.15) is 0 Å². The van der Waals surface area contributed by atoms with Crippen molar-refractivity contribution in [3.8, 4) is 0 Å². The van der Waals surface area contributed by atoms with Gasteiger partial charge in [-0.05, 0) is 57.9 Å². The van der Waals surface area contributed by atoms with E-state index in [9.17, 15) is 4.79 Å². The SMILES string of the molecule is CO[C@@H]1CCC[C@]12CCCN(C1CCN(C(=O)C3CCC3)CC1)C2. The maximum Gasteiger partial charge on any atom is 0.225 e. The first-order chi connectivity index (χ1) is 11.7. The number of nitrogens with zero attached hydrogens (tertiary/aromatic N) is 2. The predicted molar refractivity (Wildman–Crippen MR) is 94.8 cm³/mol. The van der Waals surface area contributed by atoms with E-state index in [2.05, 4.69) is 9.80 Å². The molecule has 2 heterocycles. The number of methoxy groups -OCH3 is 1. The van der Waals surface area contributed by atoms with Crippen LogP contribution in [0, 0.1) is 11.3 Å². The highest BCUT2D eigenvalue weighted by atomic mass is 16.5. The molecule has 0 bridgehead atoms. The zero-order valence-corrected chi connectivity index (χ0v) is 15.3. The van der Waals surface area contributed by atoms with Gasteiger partial charge in [0.05, 0.1) is 6.10 Å². The third kappa shape index (κ3) is 3.01. The molecule has 0 aromatic heterocycles. The quantitative estimate of drug-likeness (QED) is 0.795. The van der Waals surface area contributed by atoms with Crippen LogP contribution in [0.3, 0.4) is 0 Å². The second-order valence-electron chi connectivity index (χ2n) is 8.74. The summed E-state index contributed by atoms with van der Waals surface area (Å²) < 4.78 is 5.85. The summed E-state index contributed by atoms with van der Waals surface area (Å²) in [7, 11) is 1.90. The van der Waals surface area contributed by atoms with Crippen LogP contribution in [0.2, 0.25) is 0 Å². The number of likely N-dealkylation sites (tertiary alicyclic amines) is 2. The molecule has 2 saturated carbocycles. The summed E-state index contributed by atoms with van der Waals surface area (Å²) >= 11 is 0. The van der Waals surface area contributed by atoms with Gasteiger partial charge in [-0.25, -0.2) is 0 Å². The lowest BCUT2D eigenvalue weighted by molar-refractivity contribution is -0.140. The molecular formula is C20H34N2O2. The topological polar surface area (TPSA) is 32.8 Å². The van der Waals surface area contributed by atoms with Crippen LogP contribution in [-0.4, -0.2) is 61.1 Å². The highest BCUT2D eigenvalue weighted by Crippen LogP contribution is 2.47. The zero-order chi connectivity index (χ0) is 16.6. The molecule has 4 heteroatoms. The van der Waals surface area contributed by atoms with E-state index >= 15 is 0 Å². The van der Waals surface area contributed by atoms with E-state index in [-0.39, 0.29) is 0 Å².